The van der Waals surface area contributed by atoms with Crippen LogP contribution in [0.25, 0.3) is 0 Å². The summed E-state index contributed by atoms with van der Waals surface area (Å²) in [6.45, 7) is 8.15. The van der Waals surface area contributed by atoms with Crippen LogP contribution in [0.1, 0.15) is 40.4 Å². The van der Waals surface area contributed by atoms with Crippen molar-refractivity contribution in [1.82, 2.24) is 9.80 Å². The maximum absolute atomic E-state index is 13.4. The summed E-state index contributed by atoms with van der Waals surface area (Å²) >= 11 is 0. The average Bonchev–Trinajstić information content (AvgIpc) is 2.72. The molecule has 1 aliphatic rings. The predicted octanol–water partition coefficient (Wildman–Crippen LogP) is 5.85. The van der Waals surface area contributed by atoms with Crippen LogP contribution in [-0.4, -0.2) is 22.9 Å². The number of nitrogens with zero attached hydrogens (tertiary/aromatic N) is 2. The first-order valence-electron chi connectivity index (χ1n) is 10.4. The quantitative estimate of drug-likeness (QED) is 0.541. The molecule has 0 bridgehead atoms. The zero-order valence-corrected chi connectivity index (χ0v) is 17.3. The highest BCUT2D eigenvalue weighted by Gasteiger charge is 2.30. The van der Waals surface area contributed by atoms with Gasteiger partial charge in [-0.2, -0.15) is 0 Å². The molecule has 3 aromatic carbocycles. The Labute approximate surface area is 173 Å². The van der Waals surface area contributed by atoms with Crippen molar-refractivity contribution < 1.29 is 4.39 Å². The summed E-state index contributed by atoms with van der Waals surface area (Å²) in [5.41, 5.74) is 6.41. The third-order valence-corrected chi connectivity index (χ3v) is 5.73. The van der Waals surface area contributed by atoms with Crippen LogP contribution in [0.3, 0.4) is 0 Å². The van der Waals surface area contributed by atoms with E-state index in [2.05, 4.69) is 72.2 Å². The van der Waals surface area contributed by atoms with Crippen molar-refractivity contribution in [1.29, 1.82) is 0 Å². The topological polar surface area (TPSA) is 6.48 Å². The summed E-state index contributed by atoms with van der Waals surface area (Å²) in [5, 5.41) is 0. The Morgan fingerprint density at radius 1 is 0.759 bits per heavy atom. The molecule has 0 saturated carbocycles. The highest BCUT2D eigenvalue weighted by atomic mass is 19.1. The van der Waals surface area contributed by atoms with Crippen molar-refractivity contribution in [3.05, 3.63) is 106 Å². The second kappa shape index (κ2) is 8.89. The number of hydrogen-bond donors (Lipinski definition) is 0. The van der Waals surface area contributed by atoms with Crippen LogP contribution in [0.2, 0.25) is 0 Å². The predicted molar refractivity (Wildman–Crippen MR) is 117 cm³/mol. The van der Waals surface area contributed by atoms with E-state index < -0.39 is 0 Å². The van der Waals surface area contributed by atoms with E-state index in [1.807, 2.05) is 12.1 Å². The second-order valence-corrected chi connectivity index (χ2v) is 8.19. The van der Waals surface area contributed by atoms with Crippen molar-refractivity contribution >= 4 is 0 Å². The minimum Gasteiger partial charge on any atom is -0.280 e. The SMILES string of the molecule is Cc1ccc(CN2CCCN(Cc3ccc(F)cc3)[C@@H]2c2cccc(C)c2)cc1. The molecule has 0 spiro atoms. The molecule has 0 amide bonds. The highest BCUT2D eigenvalue weighted by molar-refractivity contribution is 5.27. The van der Waals surface area contributed by atoms with Gasteiger partial charge in [0.05, 0.1) is 6.17 Å². The van der Waals surface area contributed by atoms with Gasteiger partial charge in [0.25, 0.3) is 0 Å². The maximum atomic E-state index is 13.4. The Bertz CT molecular complexity index is 878. The molecule has 1 fully saturated rings. The molecule has 1 saturated heterocycles. The minimum absolute atomic E-state index is 0.177. The van der Waals surface area contributed by atoms with Crippen molar-refractivity contribution in [3.8, 4) is 0 Å². The fraction of sp³-hybridized carbons (Fsp3) is 0.308. The minimum atomic E-state index is -0.177. The van der Waals surface area contributed by atoms with Crippen LogP contribution >= 0.6 is 0 Å². The molecule has 3 heteroatoms. The number of benzene rings is 3. The molecule has 0 unspecified atom stereocenters. The molecular weight excluding hydrogens is 359 g/mol. The van der Waals surface area contributed by atoms with Gasteiger partial charge in [-0.25, -0.2) is 4.39 Å². The van der Waals surface area contributed by atoms with Crippen molar-refractivity contribution in [3.63, 3.8) is 0 Å². The van der Waals surface area contributed by atoms with Crippen molar-refractivity contribution in [2.45, 2.75) is 39.5 Å². The molecular formula is C26H29FN2. The molecule has 4 rings (SSSR count). The van der Waals surface area contributed by atoms with E-state index >= 15 is 0 Å². The third kappa shape index (κ3) is 4.92. The third-order valence-electron chi connectivity index (χ3n) is 5.73. The van der Waals surface area contributed by atoms with Gasteiger partial charge in [-0.3, -0.25) is 9.80 Å². The van der Waals surface area contributed by atoms with Gasteiger partial charge >= 0.3 is 0 Å². The average molecular weight is 389 g/mol. The van der Waals surface area contributed by atoms with Gasteiger partial charge in [-0.05, 0) is 49.1 Å². The number of aryl methyl sites for hydroxylation is 2. The summed E-state index contributed by atoms with van der Waals surface area (Å²) < 4.78 is 13.4. The first kappa shape index (κ1) is 19.8. The van der Waals surface area contributed by atoms with E-state index in [-0.39, 0.29) is 12.0 Å². The number of hydrogen-bond acceptors (Lipinski definition) is 2. The Hall–Kier alpha value is -2.49. The molecule has 0 aromatic heterocycles. The largest absolute Gasteiger partial charge is 0.280 e. The van der Waals surface area contributed by atoms with Crippen LogP contribution < -0.4 is 0 Å². The fourth-order valence-corrected chi connectivity index (χ4v) is 4.29. The fourth-order valence-electron chi connectivity index (χ4n) is 4.29. The lowest BCUT2D eigenvalue weighted by Gasteiger charge is -2.44. The van der Waals surface area contributed by atoms with Gasteiger partial charge in [-0.15, -0.1) is 0 Å². The van der Waals surface area contributed by atoms with Crippen molar-refractivity contribution in [2.24, 2.45) is 0 Å². The van der Waals surface area contributed by atoms with Gasteiger partial charge in [0.2, 0.25) is 0 Å². The molecule has 3 aromatic rings. The number of halogens is 1. The molecule has 1 atom stereocenters. The zero-order chi connectivity index (χ0) is 20.2. The summed E-state index contributed by atoms with van der Waals surface area (Å²) in [5.74, 6) is -0.177. The Balaban J connectivity index is 1.63. The van der Waals surface area contributed by atoms with E-state index in [1.54, 1.807) is 12.1 Å². The van der Waals surface area contributed by atoms with E-state index in [0.29, 0.717) is 0 Å². The van der Waals surface area contributed by atoms with Crippen LogP contribution in [0.4, 0.5) is 4.39 Å². The molecule has 2 nitrogen and oxygen atoms in total. The van der Waals surface area contributed by atoms with Gasteiger partial charge in [0, 0.05) is 26.2 Å². The highest BCUT2D eigenvalue weighted by Crippen LogP contribution is 2.32. The van der Waals surface area contributed by atoms with Gasteiger partial charge in [0.15, 0.2) is 0 Å². The molecule has 0 N–H and O–H groups in total. The maximum Gasteiger partial charge on any atom is 0.123 e. The van der Waals surface area contributed by atoms with E-state index in [1.165, 1.54) is 22.3 Å². The van der Waals surface area contributed by atoms with E-state index in [0.717, 1.165) is 38.2 Å². The van der Waals surface area contributed by atoms with Crippen LogP contribution in [-0.2, 0) is 13.1 Å². The summed E-state index contributed by atoms with van der Waals surface area (Å²) in [6, 6.07) is 24.6. The van der Waals surface area contributed by atoms with E-state index in [9.17, 15) is 4.39 Å². The smallest absolute Gasteiger partial charge is 0.123 e. The molecule has 29 heavy (non-hydrogen) atoms. The van der Waals surface area contributed by atoms with E-state index in [4.69, 9.17) is 0 Å². The molecule has 1 heterocycles. The first-order chi connectivity index (χ1) is 14.1. The Morgan fingerprint density at radius 3 is 1.93 bits per heavy atom. The molecule has 0 aliphatic carbocycles. The van der Waals surface area contributed by atoms with Gasteiger partial charge in [-0.1, -0.05) is 71.8 Å². The van der Waals surface area contributed by atoms with Crippen LogP contribution in [0.5, 0.6) is 0 Å². The lowest BCUT2D eigenvalue weighted by molar-refractivity contribution is -0.00912. The number of rotatable bonds is 5. The van der Waals surface area contributed by atoms with Crippen LogP contribution in [0, 0.1) is 19.7 Å². The molecule has 0 radical (unpaired) electrons. The normalized spacial score (nSPS) is 18.1. The standard InChI is InChI=1S/C26H29FN2/c1-20-7-9-22(10-8-20)18-28-15-4-16-29(19-23-11-13-25(27)14-12-23)26(28)24-6-3-5-21(2)17-24/h3,5-14,17,26H,4,15-16,18-19H2,1-2H3/t26-/m1/s1. The summed E-state index contributed by atoms with van der Waals surface area (Å²) in [6.07, 6.45) is 1.35. The Kier molecular flexibility index (Phi) is 6.08. The first-order valence-corrected chi connectivity index (χ1v) is 10.4. The lowest BCUT2D eigenvalue weighted by atomic mass is 10.0. The van der Waals surface area contributed by atoms with Crippen molar-refractivity contribution in [2.75, 3.05) is 13.1 Å². The summed E-state index contributed by atoms with van der Waals surface area (Å²) in [4.78, 5) is 5.10. The second-order valence-electron chi connectivity index (χ2n) is 8.19. The summed E-state index contributed by atoms with van der Waals surface area (Å²) in [7, 11) is 0. The monoisotopic (exact) mass is 388 g/mol. The van der Waals surface area contributed by atoms with Gasteiger partial charge in [0.1, 0.15) is 5.82 Å². The van der Waals surface area contributed by atoms with Crippen LogP contribution in [0.15, 0.2) is 72.8 Å². The lowest BCUT2D eigenvalue weighted by Crippen LogP contribution is -2.46. The Morgan fingerprint density at radius 2 is 1.34 bits per heavy atom. The van der Waals surface area contributed by atoms with Gasteiger partial charge < -0.3 is 0 Å². The molecule has 1 aliphatic heterocycles. The molecule has 150 valence electrons. The zero-order valence-electron chi connectivity index (χ0n) is 17.3.